The third kappa shape index (κ3) is 2.48. The van der Waals surface area contributed by atoms with Crippen LogP contribution in [0.5, 0.6) is 0 Å². The Morgan fingerprint density at radius 1 is 1.45 bits per heavy atom. The zero-order valence-corrected chi connectivity index (χ0v) is 6.26. The van der Waals surface area contributed by atoms with Crippen molar-refractivity contribution in [1.82, 2.24) is 5.32 Å². The molecule has 0 spiro atoms. The maximum absolute atomic E-state index is 10.6. The first kappa shape index (κ1) is 9.80. The molecule has 5 nitrogen and oxygen atoms in total. The molecule has 0 atom stereocenters. The van der Waals surface area contributed by atoms with Crippen LogP contribution >= 0.6 is 0 Å². The van der Waals surface area contributed by atoms with Gasteiger partial charge in [0.1, 0.15) is 0 Å². The fraction of sp³-hybridized carbons (Fsp3) is 0.333. The number of carbonyl (C=O) groups excluding carboxylic acids is 2. The molecule has 1 rings (SSSR count). The van der Waals surface area contributed by atoms with E-state index in [1.54, 1.807) is 0 Å². The highest BCUT2D eigenvalue weighted by Gasteiger charge is 2.17. The van der Waals surface area contributed by atoms with Crippen LogP contribution in [-0.4, -0.2) is 11.8 Å². The number of imide groups is 1. The maximum atomic E-state index is 10.6. The van der Waals surface area contributed by atoms with Crippen molar-refractivity contribution in [3.8, 4) is 0 Å². The normalized spacial score (nSPS) is 15.0. The number of amides is 2. The van der Waals surface area contributed by atoms with E-state index < -0.39 is 0 Å². The Balaban J connectivity index is 0.000000461. The van der Waals surface area contributed by atoms with Crippen LogP contribution in [-0.2, 0) is 9.59 Å². The quantitative estimate of drug-likeness (QED) is 0.253. The van der Waals surface area contributed by atoms with E-state index in [4.69, 9.17) is 0 Å². The molecule has 1 heterocycles. The smallest absolute Gasteiger partial charge is 0.254 e. The maximum Gasteiger partial charge on any atom is 0.254 e. The Labute approximate surface area is 64.4 Å². The largest absolute Gasteiger partial charge is 0.289 e. The number of hydrogen-bond acceptors (Lipinski definition) is 4. The second kappa shape index (κ2) is 4.59. The fourth-order valence-electron chi connectivity index (χ4n) is 0.715. The lowest BCUT2D eigenvalue weighted by Crippen LogP contribution is -2.21. The van der Waals surface area contributed by atoms with E-state index in [2.05, 4.69) is 17.0 Å². The zero-order valence-electron chi connectivity index (χ0n) is 6.26. The van der Waals surface area contributed by atoms with Crippen LogP contribution in [0.3, 0.4) is 0 Å². The monoisotopic (exact) mass is 157 g/mol. The highest BCUT2D eigenvalue weighted by atomic mass is 16.2. The highest BCUT2D eigenvalue weighted by molar-refractivity contribution is 6.16. The summed E-state index contributed by atoms with van der Waals surface area (Å²) in [4.78, 5) is 21.0. The summed E-state index contributed by atoms with van der Waals surface area (Å²) in [6.45, 7) is 1.84. The number of carbonyl (C=O) groups is 2. The highest BCUT2D eigenvalue weighted by Crippen LogP contribution is 2.04. The van der Waals surface area contributed by atoms with Crippen molar-refractivity contribution in [2.24, 2.45) is 11.7 Å². The molecule has 0 saturated heterocycles. The van der Waals surface area contributed by atoms with Crippen molar-refractivity contribution in [3.63, 3.8) is 0 Å². The molecule has 0 radical (unpaired) electrons. The molecule has 1 aliphatic rings. The zero-order chi connectivity index (χ0) is 8.85. The molecule has 5 N–H and O–H groups in total. The van der Waals surface area contributed by atoms with Crippen LogP contribution in [0.4, 0.5) is 0 Å². The van der Waals surface area contributed by atoms with E-state index >= 15 is 0 Å². The summed E-state index contributed by atoms with van der Waals surface area (Å²) in [5.41, 5.74) is 0.569. The molecule has 62 valence electrons. The standard InChI is InChI=1S/C6H7NO2.H4N2/c1-2-4-3-5(8)7-6(4)9;1-2/h3H,2H2,1H3,(H,7,8,9);1-2H2. The number of rotatable bonds is 1. The van der Waals surface area contributed by atoms with Gasteiger partial charge in [-0.2, -0.15) is 0 Å². The van der Waals surface area contributed by atoms with E-state index in [-0.39, 0.29) is 11.8 Å². The van der Waals surface area contributed by atoms with Gasteiger partial charge in [0.05, 0.1) is 0 Å². The van der Waals surface area contributed by atoms with Crippen molar-refractivity contribution >= 4 is 11.8 Å². The van der Waals surface area contributed by atoms with Crippen molar-refractivity contribution in [1.29, 1.82) is 0 Å². The van der Waals surface area contributed by atoms with Crippen LogP contribution in [0, 0.1) is 0 Å². The van der Waals surface area contributed by atoms with Crippen molar-refractivity contribution in [2.45, 2.75) is 13.3 Å². The number of nitrogens with one attached hydrogen (secondary N) is 1. The second-order valence-corrected chi connectivity index (χ2v) is 1.84. The summed E-state index contributed by atoms with van der Waals surface area (Å²) >= 11 is 0. The molecule has 0 bridgehead atoms. The number of hydrazine groups is 1. The first-order valence-electron chi connectivity index (χ1n) is 3.13. The fourth-order valence-corrected chi connectivity index (χ4v) is 0.715. The summed E-state index contributed by atoms with van der Waals surface area (Å²) in [6.07, 6.45) is 1.96. The minimum Gasteiger partial charge on any atom is -0.289 e. The number of hydrogen-bond donors (Lipinski definition) is 3. The Bertz CT molecular complexity index is 198. The topological polar surface area (TPSA) is 98.2 Å². The molecular weight excluding hydrogens is 146 g/mol. The minimum atomic E-state index is -0.295. The molecule has 0 aliphatic carbocycles. The Hall–Kier alpha value is -1.20. The third-order valence-corrected chi connectivity index (χ3v) is 1.21. The van der Waals surface area contributed by atoms with Crippen LogP contribution in [0.15, 0.2) is 11.6 Å². The van der Waals surface area contributed by atoms with Gasteiger partial charge in [-0.1, -0.05) is 6.92 Å². The Kier molecular flexibility index (Phi) is 4.09. The first-order valence-corrected chi connectivity index (χ1v) is 3.13. The number of nitrogens with two attached hydrogens (primary N) is 2. The van der Waals surface area contributed by atoms with Crippen LogP contribution in [0.25, 0.3) is 0 Å². The van der Waals surface area contributed by atoms with Crippen molar-refractivity contribution in [3.05, 3.63) is 11.6 Å². The summed E-state index contributed by atoms with van der Waals surface area (Å²) in [6, 6.07) is 0. The predicted octanol–water partition coefficient (Wildman–Crippen LogP) is -1.20. The van der Waals surface area contributed by atoms with Crippen molar-refractivity contribution < 1.29 is 9.59 Å². The van der Waals surface area contributed by atoms with E-state index in [1.807, 2.05) is 6.92 Å². The summed E-state index contributed by atoms with van der Waals surface area (Å²) in [5.74, 6) is 7.46. The lowest BCUT2D eigenvalue weighted by Gasteiger charge is -1.89. The average Bonchev–Trinajstić information content (AvgIpc) is 2.33. The molecule has 0 aromatic heterocycles. The van der Waals surface area contributed by atoms with Gasteiger partial charge in [0.15, 0.2) is 0 Å². The van der Waals surface area contributed by atoms with E-state index in [0.717, 1.165) is 0 Å². The van der Waals surface area contributed by atoms with E-state index in [0.29, 0.717) is 12.0 Å². The van der Waals surface area contributed by atoms with Gasteiger partial charge < -0.3 is 0 Å². The van der Waals surface area contributed by atoms with Gasteiger partial charge in [0.2, 0.25) is 0 Å². The van der Waals surface area contributed by atoms with Crippen molar-refractivity contribution in [2.75, 3.05) is 0 Å². The van der Waals surface area contributed by atoms with Gasteiger partial charge in [-0.05, 0) is 6.42 Å². The average molecular weight is 157 g/mol. The van der Waals surface area contributed by atoms with Gasteiger partial charge in [0.25, 0.3) is 11.8 Å². The molecule has 0 unspecified atom stereocenters. The van der Waals surface area contributed by atoms with Gasteiger partial charge in [-0.15, -0.1) is 0 Å². The van der Waals surface area contributed by atoms with Gasteiger partial charge in [-0.25, -0.2) is 0 Å². The van der Waals surface area contributed by atoms with E-state index in [9.17, 15) is 9.59 Å². The lowest BCUT2D eigenvalue weighted by molar-refractivity contribution is -0.123. The summed E-state index contributed by atoms with van der Waals surface area (Å²) in [7, 11) is 0. The molecule has 0 saturated carbocycles. The van der Waals surface area contributed by atoms with Gasteiger partial charge in [0, 0.05) is 11.6 Å². The van der Waals surface area contributed by atoms with Gasteiger partial charge >= 0.3 is 0 Å². The third-order valence-electron chi connectivity index (χ3n) is 1.21. The molecular formula is C6H11N3O2. The van der Waals surface area contributed by atoms with Crippen LogP contribution in [0.1, 0.15) is 13.3 Å². The van der Waals surface area contributed by atoms with Crippen LogP contribution in [0.2, 0.25) is 0 Å². The summed E-state index contributed by atoms with van der Waals surface area (Å²) in [5, 5.41) is 2.15. The van der Waals surface area contributed by atoms with Gasteiger partial charge in [-0.3, -0.25) is 26.6 Å². The molecule has 0 fully saturated rings. The molecule has 1 aliphatic heterocycles. The molecule has 0 aromatic rings. The molecule has 5 heteroatoms. The Morgan fingerprint density at radius 3 is 2.18 bits per heavy atom. The first-order chi connectivity index (χ1) is 5.24. The Morgan fingerprint density at radius 2 is 2.00 bits per heavy atom. The van der Waals surface area contributed by atoms with Crippen LogP contribution < -0.4 is 17.0 Å². The van der Waals surface area contributed by atoms with E-state index in [1.165, 1.54) is 6.08 Å². The predicted molar refractivity (Wildman–Crippen MR) is 39.9 cm³/mol. The minimum absolute atomic E-state index is 0.248. The molecule has 11 heavy (non-hydrogen) atoms. The SMILES string of the molecule is CCC1=CC(=O)NC1=O.NN. The second-order valence-electron chi connectivity index (χ2n) is 1.84. The lowest BCUT2D eigenvalue weighted by atomic mass is 10.2. The molecule has 0 aromatic carbocycles. The molecule has 2 amide bonds. The summed E-state index contributed by atoms with van der Waals surface area (Å²) < 4.78 is 0.